The van der Waals surface area contributed by atoms with Crippen LogP contribution in [0.5, 0.6) is 0 Å². The van der Waals surface area contributed by atoms with Gasteiger partial charge in [-0.25, -0.2) is 0 Å². The summed E-state index contributed by atoms with van der Waals surface area (Å²) in [6, 6.07) is 0. The van der Waals surface area contributed by atoms with Crippen molar-refractivity contribution in [1.29, 1.82) is 0 Å². The summed E-state index contributed by atoms with van der Waals surface area (Å²) < 4.78 is 4.83. The van der Waals surface area contributed by atoms with Gasteiger partial charge in [0.05, 0.1) is 13.2 Å². The average Bonchev–Trinajstić information content (AvgIpc) is 2.97. The molecule has 0 N–H and O–H groups in total. The second-order valence-corrected chi connectivity index (χ2v) is 10.4. The Labute approximate surface area is 168 Å². The lowest BCUT2D eigenvalue weighted by Gasteiger charge is -2.20. The van der Waals surface area contributed by atoms with Gasteiger partial charge in [0.2, 0.25) is 0 Å². The fourth-order valence-electron chi connectivity index (χ4n) is 2.59. The molecule has 0 amide bonds. The van der Waals surface area contributed by atoms with Crippen molar-refractivity contribution in [1.82, 2.24) is 0 Å². The van der Waals surface area contributed by atoms with E-state index in [4.69, 9.17) is 4.74 Å². The Balaban J connectivity index is 0. The molecule has 2 saturated carbocycles. The molecule has 0 aromatic rings. The largest absolute Gasteiger partial charge is 0.381 e. The van der Waals surface area contributed by atoms with Crippen molar-refractivity contribution in [3.63, 3.8) is 0 Å². The first-order valence-electron chi connectivity index (χ1n) is 11.6. The van der Waals surface area contributed by atoms with Crippen LogP contribution in [0, 0.1) is 35.5 Å². The van der Waals surface area contributed by atoms with Gasteiger partial charge in [-0.1, -0.05) is 114 Å². The molecule has 3 aliphatic rings. The fraction of sp³-hybridized carbons (Fsp3) is 1.00. The van der Waals surface area contributed by atoms with Crippen LogP contribution in [0.25, 0.3) is 0 Å². The molecule has 1 saturated heterocycles. The second-order valence-electron chi connectivity index (χ2n) is 10.4. The molecular weight excluding hydrogens is 316 g/mol. The molecule has 0 aromatic carbocycles. The molecule has 1 heterocycles. The summed E-state index contributed by atoms with van der Waals surface area (Å²) >= 11 is 0. The van der Waals surface area contributed by atoms with Gasteiger partial charge in [-0.3, -0.25) is 0 Å². The van der Waals surface area contributed by atoms with Gasteiger partial charge in [-0.15, -0.1) is 0 Å². The van der Waals surface area contributed by atoms with Gasteiger partial charge < -0.3 is 4.74 Å². The molecule has 3 rings (SSSR count). The van der Waals surface area contributed by atoms with Crippen LogP contribution < -0.4 is 0 Å². The van der Waals surface area contributed by atoms with Gasteiger partial charge in [0, 0.05) is 5.92 Å². The summed E-state index contributed by atoms with van der Waals surface area (Å²) in [6.07, 6.45) is 10.4. The van der Waals surface area contributed by atoms with Crippen LogP contribution in [0.3, 0.4) is 0 Å². The SMILES string of the molecule is CC(C)C.CC(C)C.CC(C)C1CCCC1.CC1CCC1.CC1COC1. The van der Waals surface area contributed by atoms with Crippen molar-refractivity contribution in [2.45, 2.75) is 114 Å². The maximum absolute atomic E-state index is 4.83. The Kier molecular flexibility index (Phi) is 19.9. The van der Waals surface area contributed by atoms with Crippen molar-refractivity contribution in [2.24, 2.45) is 35.5 Å². The van der Waals surface area contributed by atoms with E-state index in [2.05, 4.69) is 69.2 Å². The summed E-state index contributed by atoms with van der Waals surface area (Å²) in [7, 11) is 0. The van der Waals surface area contributed by atoms with Crippen LogP contribution in [0.4, 0.5) is 0 Å². The normalized spacial score (nSPS) is 19.7. The molecule has 26 heavy (non-hydrogen) atoms. The predicted octanol–water partition coefficient (Wildman–Crippen LogP) is 8.62. The van der Waals surface area contributed by atoms with Crippen LogP contribution in [0.15, 0.2) is 0 Å². The smallest absolute Gasteiger partial charge is 0.0513 e. The van der Waals surface area contributed by atoms with Crippen LogP contribution in [-0.2, 0) is 4.74 Å². The second kappa shape index (κ2) is 18.3. The predicted molar refractivity (Wildman–Crippen MR) is 121 cm³/mol. The highest BCUT2D eigenvalue weighted by molar-refractivity contribution is 4.69. The zero-order chi connectivity index (χ0) is 20.5. The van der Waals surface area contributed by atoms with Crippen molar-refractivity contribution in [2.75, 3.05) is 13.2 Å². The minimum atomic E-state index is 0.833. The zero-order valence-electron chi connectivity index (χ0n) is 20.2. The molecule has 0 aromatic heterocycles. The van der Waals surface area contributed by atoms with Gasteiger partial charge >= 0.3 is 0 Å². The van der Waals surface area contributed by atoms with Gasteiger partial charge in [0.15, 0.2) is 0 Å². The van der Waals surface area contributed by atoms with E-state index in [1.165, 1.54) is 44.9 Å². The number of ether oxygens (including phenoxy) is 1. The average molecular weight is 371 g/mol. The van der Waals surface area contributed by atoms with E-state index in [-0.39, 0.29) is 0 Å². The summed E-state index contributed by atoms with van der Waals surface area (Å²) in [5.74, 6) is 5.58. The fourth-order valence-corrected chi connectivity index (χ4v) is 2.59. The molecule has 1 nitrogen and oxygen atoms in total. The van der Waals surface area contributed by atoms with E-state index in [9.17, 15) is 0 Å². The maximum atomic E-state index is 4.83. The first-order chi connectivity index (χ1) is 12.1. The van der Waals surface area contributed by atoms with Crippen LogP contribution in [0.2, 0.25) is 0 Å². The first-order valence-corrected chi connectivity index (χ1v) is 11.6. The minimum absolute atomic E-state index is 0.833. The zero-order valence-corrected chi connectivity index (χ0v) is 20.2. The Bertz CT molecular complexity index is 232. The van der Waals surface area contributed by atoms with Crippen LogP contribution in [0.1, 0.15) is 114 Å². The summed E-state index contributed by atoms with van der Waals surface area (Å²) in [4.78, 5) is 0. The lowest BCUT2D eigenvalue weighted by molar-refractivity contribution is -0.0221. The van der Waals surface area contributed by atoms with Crippen molar-refractivity contribution in [3.8, 4) is 0 Å². The highest BCUT2D eigenvalue weighted by Gasteiger charge is 2.17. The van der Waals surface area contributed by atoms with E-state index >= 15 is 0 Å². The lowest BCUT2D eigenvalue weighted by Crippen LogP contribution is -2.23. The molecule has 0 bridgehead atoms. The van der Waals surface area contributed by atoms with Crippen LogP contribution >= 0.6 is 0 Å². The van der Waals surface area contributed by atoms with E-state index in [1.54, 1.807) is 0 Å². The lowest BCUT2D eigenvalue weighted by atomic mass is 9.88. The van der Waals surface area contributed by atoms with Crippen LogP contribution in [-0.4, -0.2) is 13.2 Å². The van der Waals surface area contributed by atoms with E-state index in [1.807, 2.05) is 0 Å². The number of rotatable bonds is 1. The number of hydrogen-bond donors (Lipinski definition) is 0. The van der Waals surface area contributed by atoms with Gasteiger partial charge in [0.1, 0.15) is 0 Å². The monoisotopic (exact) mass is 370 g/mol. The molecular formula is C25H54O. The van der Waals surface area contributed by atoms with Gasteiger partial charge in [0.25, 0.3) is 0 Å². The maximum Gasteiger partial charge on any atom is 0.0513 e. The van der Waals surface area contributed by atoms with E-state index < -0.39 is 0 Å². The molecule has 0 unspecified atom stereocenters. The topological polar surface area (TPSA) is 9.23 Å². The number of hydrogen-bond acceptors (Lipinski definition) is 1. The third kappa shape index (κ3) is 24.0. The Hall–Kier alpha value is -0.0400. The molecule has 0 radical (unpaired) electrons. The molecule has 3 fully saturated rings. The highest BCUT2D eigenvalue weighted by atomic mass is 16.5. The standard InChI is InChI=1S/C8H16.C5H10.C4H8O.2C4H10/c1-7(2)8-5-3-4-6-8;1-5-3-2-4-5;1-4-2-5-3-4;2*1-4(2)3/h7-8H,3-6H2,1-2H3;5H,2-4H2,1H3;4H,2-3H2,1H3;2*4H,1-3H3. The van der Waals surface area contributed by atoms with Gasteiger partial charge in [-0.05, 0) is 29.6 Å². The minimum Gasteiger partial charge on any atom is -0.381 e. The first kappa shape index (κ1) is 28.2. The van der Waals surface area contributed by atoms with Crippen molar-refractivity contribution >= 4 is 0 Å². The molecule has 0 atom stereocenters. The Morgan fingerprint density at radius 3 is 0.962 bits per heavy atom. The molecule has 160 valence electrons. The third-order valence-electron chi connectivity index (χ3n) is 4.54. The van der Waals surface area contributed by atoms with E-state index in [0.29, 0.717) is 0 Å². The molecule has 1 heteroatoms. The molecule has 1 aliphatic heterocycles. The molecule has 0 spiro atoms. The Morgan fingerprint density at radius 2 is 0.885 bits per heavy atom. The summed E-state index contributed by atoms with van der Waals surface area (Å²) in [6.45, 7) is 24.2. The van der Waals surface area contributed by atoms with Crippen molar-refractivity contribution in [3.05, 3.63) is 0 Å². The van der Waals surface area contributed by atoms with Gasteiger partial charge in [-0.2, -0.15) is 0 Å². The summed E-state index contributed by atoms with van der Waals surface area (Å²) in [5, 5.41) is 0. The van der Waals surface area contributed by atoms with E-state index in [0.717, 1.165) is 48.7 Å². The Morgan fingerprint density at radius 1 is 0.577 bits per heavy atom. The molecule has 2 aliphatic carbocycles. The quantitative estimate of drug-likeness (QED) is 0.449. The highest BCUT2D eigenvalue weighted by Crippen LogP contribution is 2.30. The third-order valence-corrected chi connectivity index (χ3v) is 4.54. The summed E-state index contributed by atoms with van der Waals surface area (Å²) in [5.41, 5.74) is 0. The van der Waals surface area contributed by atoms with Crippen molar-refractivity contribution < 1.29 is 4.74 Å².